The van der Waals surface area contributed by atoms with Gasteiger partial charge in [-0.15, -0.1) is 0 Å². The molecule has 0 fully saturated rings. The van der Waals surface area contributed by atoms with E-state index in [-0.39, 0.29) is 0 Å². The minimum absolute atomic E-state index is 0.838. The zero-order valence-electron chi connectivity index (χ0n) is 11.5. The summed E-state index contributed by atoms with van der Waals surface area (Å²) in [7, 11) is 0. The molecule has 2 nitrogen and oxygen atoms in total. The molecule has 0 aliphatic carbocycles. The van der Waals surface area contributed by atoms with Crippen molar-refractivity contribution in [2.24, 2.45) is 0 Å². The van der Waals surface area contributed by atoms with E-state index < -0.39 is 0 Å². The zero-order valence-corrected chi connectivity index (χ0v) is 11.5. The molecule has 3 N–H and O–H groups in total. The molecular weight excluding hydrogens is 232 g/mol. The van der Waals surface area contributed by atoms with Crippen LogP contribution in [0.4, 0.5) is 11.4 Å². The van der Waals surface area contributed by atoms with Crippen LogP contribution in [0.2, 0.25) is 0 Å². The Morgan fingerprint density at radius 1 is 1.00 bits per heavy atom. The monoisotopic (exact) mass is 254 g/mol. The quantitative estimate of drug-likeness (QED) is 0.603. The van der Waals surface area contributed by atoms with Crippen molar-refractivity contribution in [2.45, 2.75) is 26.2 Å². The first kappa shape index (κ1) is 13.5. The molecule has 0 amide bonds. The lowest BCUT2D eigenvalue weighted by Crippen LogP contribution is -2.02. The van der Waals surface area contributed by atoms with Crippen molar-refractivity contribution in [3.8, 4) is 0 Å². The molecule has 19 heavy (non-hydrogen) atoms. The number of aryl methyl sites for hydroxylation is 2. The third-order valence-corrected chi connectivity index (χ3v) is 3.22. The van der Waals surface area contributed by atoms with Crippen LogP contribution in [0.5, 0.6) is 0 Å². The number of nitrogen functional groups attached to an aromatic ring is 1. The molecule has 0 aromatic heterocycles. The van der Waals surface area contributed by atoms with E-state index in [1.807, 2.05) is 12.1 Å². The topological polar surface area (TPSA) is 38.0 Å². The fourth-order valence-electron chi connectivity index (χ4n) is 2.13. The Kier molecular flexibility index (Phi) is 4.85. The lowest BCUT2D eigenvalue weighted by molar-refractivity contribution is 0.763. The van der Waals surface area contributed by atoms with Gasteiger partial charge in [-0.2, -0.15) is 0 Å². The number of nitrogens with one attached hydrogen (secondary N) is 1. The molecule has 2 heteroatoms. The largest absolute Gasteiger partial charge is 0.399 e. The molecule has 0 saturated heterocycles. The lowest BCUT2D eigenvalue weighted by atomic mass is 10.1. The Balaban J connectivity index is 1.66. The first-order valence-corrected chi connectivity index (χ1v) is 6.89. The van der Waals surface area contributed by atoms with E-state index >= 15 is 0 Å². The highest BCUT2D eigenvalue weighted by Gasteiger charge is 1.95. The van der Waals surface area contributed by atoms with Gasteiger partial charge in [0.1, 0.15) is 0 Å². The van der Waals surface area contributed by atoms with Gasteiger partial charge in [-0.1, -0.05) is 24.3 Å². The zero-order chi connectivity index (χ0) is 13.5. The van der Waals surface area contributed by atoms with Gasteiger partial charge >= 0.3 is 0 Å². The van der Waals surface area contributed by atoms with Crippen LogP contribution >= 0.6 is 0 Å². The van der Waals surface area contributed by atoms with Crippen LogP contribution in [0.1, 0.15) is 24.0 Å². The highest BCUT2D eigenvalue weighted by Crippen LogP contribution is 2.11. The van der Waals surface area contributed by atoms with E-state index in [9.17, 15) is 0 Å². The molecule has 0 saturated carbocycles. The molecule has 0 spiro atoms. The van der Waals surface area contributed by atoms with Gasteiger partial charge in [0.05, 0.1) is 0 Å². The minimum Gasteiger partial charge on any atom is -0.399 e. The predicted molar refractivity (Wildman–Crippen MR) is 83.5 cm³/mol. The standard InChI is InChI=1S/C17H22N2/c1-14-5-4-7-17(13-14)19-12-3-2-6-15-8-10-16(18)11-9-15/h4-5,7-11,13,19H,2-3,6,12,18H2,1H3. The van der Waals surface area contributed by atoms with E-state index in [0.29, 0.717) is 0 Å². The van der Waals surface area contributed by atoms with Crippen LogP contribution in [-0.2, 0) is 6.42 Å². The van der Waals surface area contributed by atoms with E-state index in [4.69, 9.17) is 5.73 Å². The fourth-order valence-corrected chi connectivity index (χ4v) is 2.13. The summed E-state index contributed by atoms with van der Waals surface area (Å²) in [5.41, 5.74) is 10.4. The molecule has 0 aliphatic rings. The van der Waals surface area contributed by atoms with Crippen LogP contribution < -0.4 is 11.1 Å². The maximum Gasteiger partial charge on any atom is 0.0342 e. The van der Waals surface area contributed by atoms with Gasteiger partial charge in [-0.3, -0.25) is 0 Å². The van der Waals surface area contributed by atoms with Crippen LogP contribution in [0.3, 0.4) is 0 Å². The highest BCUT2D eigenvalue weighted by atomic mass is 14.9. The summed E-state index contributed by atoms with van der Waals surface area (Å²) >= 11 is 0. The van der Waals surface area contributed by atoms with Crippen LogP contribution in [0, 0.1) is 6.92 Å². The molecule has 2 aromatic rings. The molecule has 100 valence electrons. The van der Waals surface area contributed by atoms with Gasteiger partial charge in [-0.05, 0) is 61.6 Å². The predicted octanol–water partition coefficient (Wildman–Crippen LogP) is 4.01. The molecule has 0 radical (unpaired) electrons. The molecule has 2 aromatic carbocycles. The number of benzene rings is 2. The number of anilines is 2. The Labute approximate surface area is 115 Å². The number of nitrogens with two attached hydrogens (primary N) is 1. The van der Waals surface area contributed by atoms with E-state index in [1.165, 1.54) is 29.7 Å². The van der Waals surface area contributed by atoms with E-state index in [1.54, 1.807) is 0 Å². The summed E-state index contributed by atoms with van der Waals surface area (Å²) in [6.45, 7) is 3.14. The molecule has 0 bridgehead atoms. The SMILES string of the molecule is Cc1cccc(NCCCCc2ccc(N)cc2)c1. The summed E-state index contributed by atoms with van der Waals surface area (Å²) in [6.07, 6.45) is 3.50. The molecule has 0 unspecified atom stereocenters. The van der Waals surface area contributed by atoms with Gasteiger partial charge in [0.25, 0.3) is 0 Å². The Hall–Kier alpha value is -1.96. The molecule has 0 heterocycles. The van der Waals surface area contributed by atoms with Gasteiger partial charge in [0, 0.05) is 17.9 Å². The van der Waals surface area contributed by atoms with Gasteiger partial charge in [-0.25, -0.2) is 0 Å². The van der Waals surface area contributed by atoms with Crippen molar-refractivity contribution in [3.63, 3.8) is 0 Å². The molecule has 0 atom stereocenters. The summed E-state index contributed by atoms with van der Waals surface area (Å²) in [6, 6.07) is 16.7. The van der Waals surface area contributed by atoms with Crippen molar-refractivity contribution in [2.75, 3.05) is 17.6 Å². The van der Waals surface area contributed by atoms with Crippen LogP contribution in [0.15, 0.2) is 48.5 Å². The van der Waals surface area contributed by atoms with Gasteiger partial charge < -0.3 is 11.1 Å². The summed E-state index contributed by atoms with van der Waals surface area (Å²) in [5, 5.41) is 3.46. The second kappa shape index (κ2) is 6.83. The second-order valence-corrected chi connectivity index (χ2v) is 4.99. The first-order chi connectivity index (χ1) is 9.24. The van der Waals surface area contributed by atoms with E-state index in [2.05, 4.69) is 48.6 Å². The van der Waals surface area contributed by atoms with Crippen molar-refractivity contribution >= 4 is 11.4 Å². The Morgan fingerprint density at radius 3 is 2.53 bits per heavy atom. The van der Waals surface area contributed by atoms with Crippen molar-refractivity contribution in [3.05, 3.63) is 59.7 Å². The maximum atomic E-state index is 5.67. The smallest absolute Gasteiger partial charge is 0.0342 e. The molecule has 0 aliphatic heterocycles. The minimum atomic E-state index is 0.838. The lowest BCUT2D eigenvalue weighted by Gasteiger charge is -2.07. The number of hydrogen-bond donors (Lipinski definition) is 2. The third kappa shape index (κ3) is 4.66. The summed E-state index contributed by atoms with van der Waals surface area (Å²) in [5.74, 6) is 0. The van der Waals surface area contributed by atoms with Crippen molar-refractivity contribution in [1.29, 1.82) is 0 Å². The normalized spacial score (nSPS) is 10.4. The molecule has 2 rings (SSSR count). The fraction of sp³-hybridized carbons (Fsp3) is 0.294. The van der Waals surface area contributed by atoms with Gasteiger partial charge in [0.2, 0.25) is 0 Å². The summed E-state index contributed by atoms with van der Waals surface area (Å²) in [4.78, 5) is 0. The van der Waals surface area contributed by atoms with Crippen molar-refractivity contribution < 1.29 is 0 Å². The molecular formula is C17H22N2. The summed E-state index contributed by atoms with van der Waals surface area (Å²) < 4.78 is 0. The van der Waals surface area contributed by atoms with Crippen LogP contribution in [-0.4, -0.2) is 6.54 Å². The first-order valence-electron chi connectivity index (χ1n) is 6.89. The number of unbranched alkanes of at least 4 members (excludes halogenated alkanes) is 1. The average Bonchev–Trinajstić information content (AvgIpc) is 2.41. The Bertz CT molecular complexity index is 503. The van der Waals surface area contributed by atoms with Gasteiger partial charge in [0.15, 0.2) is 0 Å². The Morgan fingerprint density at radius 2 is 1.79 bits per heavy atom. The number of hydrogen-bond acceptors (Lipinski definition) is 2. The third-order valence-electron chi connectivity index (χ3n) is 3.22. The van der Waals surface area contributed by atoms with Crippen molar-refractivity contribution in [1.82, 2.24) is 0 Å². The van der Waals surface area contributed by atoms with E-state index in [0.717, 1.165) is 18.7 Å². The number of rotatable bonds is 6. The average molecular weight is 254 g/mol. The van der Waals surface area contributed by atoms with Crippen LogP contribution in [0.25, 0.3) is 0 Å². The maximum absolute atomic E-state index is 5.67. The second-order valence-electron chi connectivity index (χ2n) is 4.99. The highest BCUT2D eigenvalue weighted by molar-refractivity contribution is 5.45.